The summed E-state index contributed by atoms with van der Waals surface area (Å²) in [5.41, 5.74) is -4.16. The van der Waals surface area contributed by atoms with Gasteiger partial charge in [0.1, 0.15) is 62.9 Å². The number of phenolic OH excluding ortho intramolecular Hbond substituents is 4. The molecule has 0 atom stereocenters. The van der Waals surface area contributed by atoms with Crippen molar-refractivity contribution in [2.45, 2.75) is 0 Å². The first-order chi connectivity index (χ1) is 65.3. The predicted octanol–water partition coefficient (Wildman–Crippen LogP) is 13.3. The molecular weight excluding hydrogens is 1860 g/mol. The van der Waals surface area contributed by atoms with Gasteiger partial charge in [0, 0.05) is 157 Å². The maximum Gasteiger partial charge on any atom is 0.346 e. The van der Waals surface area contributed by atoms with Crippen LogP contribution in [0.25, 0.3) is 0 Å². The van der Waals surface area contributed by atoms with Gasteiger partial charge in [0.25, 0.3) is 34.2 Å². The minimum absolute atomic E-state index is 0.0299. The lowest BCUT2D eigenvalue weighted by molar-refractivity contribution is -0.422. The van der Waals surface area contributed by atoms with E-state index in [-0.39, 0.29) is 74.7 Å². The van der Waals surface area contributed by atoms with Crippen molar-refractivity contribution in [2.24, 2.45) is 0 Å². The summed E-state index contributed by atoms with van der Waals surface area (Å²) in [5.74, 6) is -3.10. The summed E-state index contributed by atoms with van der Waals surface area (Å²) in [7, 11) is 0. The molecule has 56 nitrogen and oxygen atoms in total. The van der Waals surface area contributed by atoms with E-state index in [1.165, 1.54) is 36.4 Å². The molecule has 0 unspecified atom stereocenters. The number of non-ortho nitro benzene ring substituents is 5. The zero-order valence-corrected chi connectivity index (χ0v) is 68.4. The Labute approximate surface area is 761 Å². The van der Waals surface area contributed by atoms with Crippen LogP contribution in [0.2, 0.25) is 0 Å². The molecule has 0 amide bonds. The molecule has 0 saturated heterocycles. The summed E-state index contributed by atoms with van der Waals surface area (Å²) >= 11 is 0. The maximum absolute atomic E-state index is 10.4. The van der Waals surface area contributed by atoms with Crippen molar-refractivity contribution in [3.8, 4) is 23.0 Å². The standard InChI is InChI=1S/C8H5NO5.C8H5NO4.3C8H6O2.2C7H4N2O6.2C7H4N2O5.C7H5NO4.C7H5NO3/c10-3-5-1-6(4-11)8(12)7(2-5)9(13)14;10-4-6-1-7(5-11)3-8(2-6)9(12)13;9-5-7-1-2-8(6-10)4-3-7;9-5-7-2-1-3-8(4-7)6-10;9-5-7-3-1-2-4-8(7)6-10;10-3-4-1-5(8(12)13)2-6(7(4)11)9(14)15;10-3-4-1-5(8(12)13)7(11)6(2-4)9(14)15;10-4-5-1-6(8(11)12)3-7(2-5)9(13)14;10-4-5-1-2-6(8(11)12)7(3-5)9(13)14;9-4-5-1-2-7(10)6(3-5)8(11)12;9-5-6-2-1-3-7(4-6)8(10)11/h1-4,12H;1-5H;3*1-6H;2*1-3,11H;2*1-4H;1-4,10H;1-5H. The molecule has 0 fully saturated rings. The average molecular weight is 1910 g/mol. The van der Waals surface area contributed by atoms with Gasteiger partial charge >= 0.3 is 39.8 Å². The minimum Gasteiger partial charge on any atom is -0.502 e. The number of aldehydes is 16. The molecule has 0 heterocycles. The molecule has 0 bridgehead atoms. The van der Waals surface area contributed by atoms with E-state index in [9.17, 15) is 203 Å². The number of nitro benzene ring substituents is 12. The lowest BCUT2D eigenvalue weighted by Gasteiger charge is -1.99. The zero-order valence-electron chi connectivity index (χ0n) is 68.4. The van der Waals surface area contributed by atoms with Gasteiger partial charge in [-0.05, 0) is 36.4 Å². The molecule has 0 aliphatic rings. The van der Waals surface area contributed by atoms with Crippen molar-refractivity contribution >= 4 is 169 Å². The Morgan fingerprint density at radius 2 is 0.399 bits per heavy atom. The number of benzene rings is 11. The molecule has 0 spiro atoms. The first kappa shape index (κ1) is 114. The maximum atomic E-state index is 10.4. The van der Waals surface area contributed by atoms with Crippen LogP contribution in [0.4, 0.5) is 68.2 Å². The normalized spacial score (nSPS) is 9.28. The van der Waals surface area contributed by atoms with Crippen LogP contribution < -0.4 is 0 Å². The van der Waals surface area contributed by atoms with Crippen molar-refractivity contribution in [1.82, 2.24) is 0 Å². The molecular formula is C82H54N12O44. The van der Waals surface area contributed by atoms with Crippen LogP contribution in [0.15, 0.2) is 206 Å². The lowest BCUT2D eigenvalue weighted by Crippen LogP contribution is -1.97. The molecule has 0 aromatic heterocycles. The second-order valence-electron chi connectivity index (χ2n) is 24.5. The molecule has 0 saturated carbocycles. The van der Waals surface area contributed by atoms with E-state index in [1.807, 2.05) is 0 Å². The second kappa shape index (κ2) is 58.5. The van der Waals surface area contributed by atoms with Crippen molar-refractivity contribution in [2.75, 3.05) is 0 Å². The van der Waals surface area contributed by atoms with Gasteiger partial charge in [0.05, 0.1) is 82.3 Å². The fraction of sp³-hybridized carbons (Fsp3) is 0. The molecule has 11 aromatic rings. The van der Waals surface area contributed by atoms with E-state index in [0.29, 0.717) is 114 Å². The highest BCUT2D eigenvalue weighted by atomic mass is 16.7. The Kier molecular flexibility index (Phi) is 48.4. The third-order valence-corrected chi connectivity index (χ3v) is 15.5. The number of hydrogen-bond donors (Lipinski definition) is 4. The number of nitrogens with zero attached hydrogens (tertiary/aromatic N) is 12. The summed E-state index contributed by atoms with van der Waals surface area (Å²) < 4.78 is 0. The fourth-order valence-corrected chi connectivity index (χ4v) is 9.16. The van der Waals surface area contributed by atoms with Crippen LogP contribution in [0, 0.1) is 121 Å². The lowest BCUT2D eigenvalue weighted by atomic mass is 10.1. The third kappa shape index (κ3) is 37.6. The highest BCUT2D eigenvalue weighted by Crippen LogP contribution is 2.37. The van der Waals surface area contributed by atoms with Crippen LogP contribution >= 0.6 is 0 Å². The van der Waals surface area contributed by atoms with Crippen LogP contribution in [-0.2, 0) is 0 Å². The number of carbonyl (C=O) groups excluding carboxylic acids is 16. The summed E-state index contributed by atoms with van der Waals surface area (Å²) in [6.45, 7) is 0. The quantitative estimate of drug-likeness (QED) is 0.0201. The minimum atomic E-state index is -1.06. The molecule has 11 rings (SSSR count). The Hall–Kier alpha value is -21.9. The van der Waals surface area contributed by atoms with E-state index in [0.717, 1.165) is 104 Å². The molecule has 0 radical (unpaired) electrons. The van der Waals surface area contributed by atoms with Gasteiger partial charge in [0.15, 0.2) is 43.5 Å². The topological polar surface area (TPSA) is 872 Å². The Morgan fingerprint density at radius 3 is 0.732 bits per heavy atom. The molecule has 138 heavy (non-hydrogen) atoms. The van der Waals surface area contributed by atoms with Crippen molar-refractivity contribution in [1.29, 1.82) is 0 Å². The highest BCUT2D eigenvalue weighted by Gasteiger charge is 2.28. The molecule has 11 aromatic carbocycles. The van der Waals surface area contributed by atoms with Gasteiger partial charge in [-0.2, -0.15) is 0 Å². The number of phenols is 4. The van der Waals surface area contributed by atoms with Crippen LogP contribution in [-0.4, -0.2) is 180 Å². The molecule has 706 valence electrons. The smallest absolute Gasteiger partial charge is 0.346 e. The second-order valence-corrected chi connectivity index (χ2v) is 24.5. The van der Waals surface area contributed by atoms with Gasteiger partial charge in [-0.3, -0.25) is 198 Å². The summed E-state index contributed by atoms with van der Waals surface area (Å²) in [6.07, 6.45) is 7.87. The molecule has 4 N–H and O–H groups in total. The number of nitro groups is 12. The fourth-order valence-electron chi connectivity index (χ4n) is 9.16. The average Bonchev–Trinajstić information content (AvgIpc) is 0.820. The van der Waals surface area contributed by atoms with E-state index < -0.39 is 145 Å². The van der Waals surface area contributed by atoms with E-state index >= 15 is 0 Å². The van der Waals surface area contributed by atoms with Crippen molar-refractivity contribution in [3.63, 3.8) is 0 Å². The van der Waals surface area contributed by atoms with Gasteiger partial charge in [0.2, 0.25) is 11.5 Å². The number of hydrogen-bond acceptors (Lipinski definition) is 44. The van der Waals surface area contributed by atoms with E-state index in [2.05, 4.69) is 0 Å². The third-order valence-electron chi connectivity index (χ3n) is 15.5. The summed E-state index contributed by atoms with van der Waals surface area (Å²) in [6, 6.07) is 42.6. The molecule has 0 aliphatic carbocycles. The summed E-state index contributed by atoms with van der Waals surface area (Å²) in [4.78, 5) is 278. The highest BCUT2D eigenvalue weighted by molar-refractivity contribution is 5.91. The van der Waals surface area contributed by atoms with Gasteiger partial charge in [-0.1, -0.05) is 78.9 Å². The van der Waals surface area contributed by atoms with E-state index in [4.69, 9.17) is 15.3 Å². The zero-order chi connectivity index (χ0) is 105. The monoisotopic (exact) mass is 1910 g/mol. The predicted molar refractivity (Wildman–Crippen MR) is 464 cm³/mol. The number of aromatic hydroxyl groups is 4. The SMILES string of the molecule is O=Cc1cc(C=O)c(O)c([N+](=O)[O-])c1.O=Cc1cc(C=O)cc([N+](=O)[O-])c1.O=Cc1cc([N+](=O)[O-])c(O)c([N+](=O)[O-])c1.O=Cc1cc([N+](=O)[O-])cc([N+](=O)[O-])c1.O=Cc1cc([N+](=O)[O-])cc([N+](=O)[O-])c1O.O=Cc1ccc(C=O)cc1.O=Cc1ccc(O)c([N+](=O)[O-])c1.O=Cc1ccc([N+](=O)[O-])c([N+](=O)[O-])c1.O=Cc1cccc(C=O)c1.O=Cc1cccc([N+](=O)[O-])c1.O=Cc1ccccc1C=O. The van der Waals surface area contributed by atoms with Crippen molar-refractivity contribution in [3.05, 3.63) is 417 Å². The van der Waals surface area contributed by atoms with Crippen molar-refractivity contribution < 1.29 is 156 Å². The number of rotatable bonds is 28. The molecule has 0 aliphatic heterocycles. The Morgan fingerprint density at radius 1 is 0.159 bits per heavy atom. The van der Waals surface area contributed by atoms with Crippen LogP contribution in [0.1, 0.15) is 166 Å². The first-order valence-electron chi connectivity index (χ1n) is 35.5. The largest absolute Gasteiger partial charge is 0.502 e. The van der Waals surface area contributed by atoms with Gasteiger partial charge in [-0.15, -0.1) is 0 Å². The number of carbonyl (C=O) groups is 16. The van der Waals surface area contributed by atoms with Gasteiger partial charge < -0.3 is 20.4 Å². The molecule has 56 heteroatoms. The van der Waals surface area contributed by atoms with Gasteiger partial charge in [-0.25, -0.2) is 0 Å². The first-order valence-corrected chi connectivity index (χ1v) is 35.5. The van der Waals surface area contributed by atoms with Crippen LogP contribution in [0.5, 0.6) is 23.0 Å². The Balaban J connectivity index is 0.000000761. The van der Waals surface area contributed by atoms with Crippen LogP contribution in [0.3, 0.4) is 0 Å². The summed E-state index contributed by atoms with van der Waals surface area (Å²) in [5, 5.41) is 160. The Bertz CT molecular complexity index is 6400. The van der Waals surface area contributed by atoms with E-state index in [1.54, 1.807) is 72.8 Å².